The maximum atomic E-state index is 12.8. The lowest BCUT2D eigenvalue weighted by atomic mass is 10.0. The van der Waals surface area contributed by atoms with Gasteiger partial charge in [0, 0.05) is 36.9 Å². The van der Waals surface area contributed by atoms with E-state index in [0.29, 0.717) is 12.6 Å². The maximum absolute atomic E-state index is 12.8. The third-order valence-corrected chi connectivity index (χ3v) is 6.23. The highest BCUT2D eigenvalue weighted by Gasteiger charge is 2.25. The van der Waals surface area contributed by atoms with Crippen molar-refractivity contribution in [2.24, 2.45) is 0 Å². The fourth-order valence-corrected chi connectivity index (χ4v) is 4.34. The Labute approximate surface area is 178 Å². The first-order valence-electron chi connectivity index (χ1n) is 10.7. The molecule has 1 fully saturated rings. The number of H-pyrrole nitrogens is 1. The molecule has 0 bridgehead atoms. The van der Waals surface area contributed by atoms with Gasteiger partial charge >= 0.3 is 0 Å². The number of hydrogen-bond acceptors (Lipinski definition) is 3. The molecule has 1 heterocycles. The number of benzene rings is 1. The monoisotopic (exact) mass is 415 g/mol. The molecule has 2 aromatic rings. The summed E-state index contributed by atoms with van der Waals surface area (Å²) in [6.45, 7) is 8.98. The van der Waals surface area contributed by atoms with Crippen LogP contribution in [0.1, 0.15) is 55.7 Å². The zero-order valence-electron chi connectivity index (χ0n) is 17.8. The van der Waals surface area contributed by atoms with Gasteiger partial charge in [0.25, 0.3) is 5.56 Å². The second-order valence-corrected chi connectivity index (χ2v) is 8.38. The zero-order chi connectivity index (χ0) is 20.8. The molecule has 1 saturated carbocycles. The zero-order valence-corrected chi connectivity index (χ0v) is 18.7. The molecule has 0 atom stereocenters. The number of aromatic amines is 1. The Morgan fingerprint density at radius 3 is 2.69 bits per heavy atom. The number of hydrogen-bond donors (Lipinski definition) is 2. The van der Waals surface area contributed by atoms with Gasteiger partial charge in [-0.05, 0) is 87.0 Å². The molecule has 0 saturated heterocycles. The topological polar surface area (TPSA) is 57.4 Å². The van der Waals surface area contributed by atoms with Crippen molar-refractivity contribution in [3.63, 3.8) is 0 Å². The van der Waals surface area contributed by atoms with Crippen LogP contribution in [0.4, 0.5) is 0 Å². The number of pyridine rings is 1. The summed E-state index contributed by atoms with van der Waals surface area (Å²) < 4.78 is 5.40. The quantitative estimate of drug-likeness (QED) is 0.500. The molecular weight excluding hydrogens is 382 g/mol. The lowest BCUT2D eigenvalue weighted by Crippen LogP contribution is -2.45. The predicted octanol–water partition coefficient (Wildman–Crippen LogP) is 4.19. The van der Waals surface area contributed by atoms with Gasteiger partial charge in [0.1, 0.15) is 0 Å². The smallest absolute Gasteiger partial charge is 0.253 e. The highest BCUT2D eigenvalue weighted by atomic mass is 32.1. The van der Waals surface area contributed by atoms with Crippen molar-refractivity contribution in [3.8, 4) is 0 Å². The van der Waals surface area contributed by atoms with Gasteiger partial charge in [0.05, 0.1) is 6.54 Å². The van der Waals surface area contributed by atoms with E-state index in [2.05, 4.69) is 41.2 Å². The van der Waals surface area contributed by atoms with Crippen LogP contribution >= 0.6 is 12.2 Å². The number of fused-ring (bicyclic) bond motifs is 1. The molecule has 3 rings (SSSR count). The average molecular weight is 416 g/mol. The Morgan fingerprint density at radius 2 is 1.97 bits per heavy atom. The minimum Gasteiger partial charge on any atom is -0.382 e. The lowest BCUT2D eigenvalue weighted by molar-refractivity contribution is 0.145. The molecule has 0 unspecified atom stereocenters. The minimum absolute atomic E-state index is 0.0251. The van der Waals surface area contributed by atoms with Gasteiger partial charge in [-0.1, -0.05) is 12.8 Å². The molecule has 6 heteroatoms. The van der Waals surface area contributed by atoms with E-state index in [9.17, 15) is 4.79 Å². The van der Waals surface area contributed by atoms with Crippen molar-refractivity contribution in [3.05, 3.63) is 45.2 Å². The molecule has 1 aliphatic rings. The largest absolute Gasteiger partial charge is 0.382 e. The van der Waals surface area contributed by atoms with Crippen molar-refractivity contribution < 1.29 is 4.74 Å². The summed E-state index contributed by atoms with van der Waals surface area (Å²) in [5.74, 6) is 0. The molecule has 0 radical (unpaired) electrons. The first-order chi connectivity index (χ1) is 14.0. The van der Waals surface area contributed by atoms with Crippen LogP contribution in [0.25, 0.3) is 10.9 Å². The first-order valence-corrected chi connectivity index (χ1v) is 11.2. The second kappa shape index (κ2) is 10.2. The first kappa shape index (κ1) is 21.8. The molecular formula is C23H33N3O2S. The van der Waals surface area contributed by atoms with E-state index < -0.39 is 0 Å². The normalized spacial score (nSPS) is 14.4. The SMILES string of the molecule is CCOCCCNC(=S)N(Cc1cc2cc(C)c(C)cc2[nH]c1=O)C1CCCC1. The van der Waals surface area contributed by atoms with E-state index in [0.717, 1.165) is 60.6 Å². The van der Waals surface area contributed by atoms with E-state index in [1.54, 1.807) is 0 Å². The molecule has 1 aromatic heterocycles. The fraction of sp³-hybridized carbons (Fsp3) is 0.565. The highest BCUT2D eigenvalue weighted by molar-refractivity contribution is 7.80. The molecule has 0 amide bonds. The van der Waals surface area contributed by atoms with E-state index in [1.165, 1.54) is 24.0 Å². The maximum Gasteiger partial charge on any atom is 0.253 e. The summed E-state index contributed by atoms with van der Waals surface area (Å²) in [5, 5.41) is 5.19. The van der Waals surface area contributed by atoms with Crippen molar-refractivity contribution in [2.75, 3.05) is 19.8 Å². The van der Waals surface area contributed by atoms with Crippen LogP contribution in [0.5, 0.6) is 0 Å². The molecule has 2 N–H and O–H groups in total. The lowest BCUT2D eigenvalue weighted by Gasteiger charge is -2.31. The number of rotatable bonds is 8. The standard InChI is InChI=1S/C23H33N3O2S/c1-4-28-11-7-10-24-23(29)26(20-8-5-6-9-20)15-19-14-18-12-16(2)17(3)13-21(18)25-22(19)27/h12-14,20H,4-11,15H2,1-3H3,(H,24,29)(H,25,27). The number of nitrogens with zero attached hydrogens (tertiary/aromatic N) is 1. The van der Waals surface area contributed by atoms with Gasteiger partial charge in [-0.15, -0.1) is 0 Å². The third-order valence-electron chi connectivity index (χ3n) is 5.85. The Kier molecular flexibility index (Phi) is 7.67. The van der Waals surface area contributed by atoms with E-state index in [1.807, 2.05) is 13.0 Å². The van der Waals surface area contributed by atoms with Gasteiger partial charge in [-0.2, -0.15) is 0 Å². The molecule has 158 valence electrons. The molecule has 29 heavy (non-hydrogen) atoms. The van der Waals surface area contributed by atoms with Crippen molar-refractivity contribution in [2.45, 2.75) is 65.5 Å². The number of ether oxygens (including phenoxy) is 1. The van der Waals surface area contributed by atoms with E-state index >= 15 is 0 Å². The van der Waals surface area contributed by atoms with Gasteiger partial charge < -0.3 is 19.9 Å². The summed E-state index contributed by atoms with van der Waals surface area (Å²) in [5.41, 5.74) is 4.06. The summed E-state index contributed by atoms with van der Waals surface area (Å²) in [7, 11) is 0. The Hall–Kier alpha value is -1.92. The number of aryl methyl sites for hydroxylation is 2. The molecule has 1 aliphatic carbocycles. The second-order valence-electron chi connectivity index (χ2n) is 8.00. The fourth-order valence-electron chi connectivity index (χ4n) is 4.02. The minimum atomic E-state index is -0.0251. The Bertz CT molecular complexity index is 903. The van der Waals surface area contributed by atoms with E-state index in [4.69, 9.17) is 17.0 Å². The van der Waals surface area contributed by atoms with Crippen LogP contribution in [0, 0.1) is 13.8 Å². The molecule has 0 aliphatic heterocycles. The Morgan fingerprint density at radius 1 is 1.24 bits per heavy atom. The van der Waals surface area contributed by atoms with Crippen LogP contribution in [0.15, 0.2) is 23.0 Å². The van der Waals surface area contributed by atoms with Crippen LogP contribution in [0.2, 0.25) is 0 Å². The number of nitrogens with one attached hydrogen (secondary N) is 2. The van der Waals surface area contributed by atoms with Gasteiger partial charge in [-0.25, -0.2) is 0 Å². The van der Waals surface area contributed by atoms with Crippen LogP contribution in [-0.2, 0) is 11.3 Å². The van der Waals surface area contributed by atoms with Crippen molar-refractivity contribution in [1.29, 1.82) is 0 Å². The molecule has 1 aromatic carbocycles. The average Bonchev–Trinajstić information content (AvgIpc) is 3.22. The van der Waals surface area contributed by atoms with Gasteiger partial charge in [0.2, 0.25) is 0 Å². The summed E-state index contributed by atoms with van der Waals surface area (Å²) in [6.07, 6.45) is 5.62. The third kappa shape index (κ3) is 5.58. The van der Waals surface area contributed by atoms with Crippen LogP contribution < -0.4 is 10.9 Å². The van der Waals surface area contributed by atoms with Crippen LogP contribution in [0.3, 0.4) is 0 Å². The van der Waals surface area contributed by atoms with Gasteiger partial charge in [0.15, 0.2) is 5.11 Å². The Balaban J connectivity index is 1.78. The number of aromatic nitrogens is 1. The van der Waals surface area contributed by atoms with Gasteiger partial charge in [-0.3, -0.25) is 4.79 Å². The predicted molar refractivity (Wildman–Crippen MR) is 124 cm³/mol. The summed E-state index contributed by atoms with van der Waals surface area (Å²) in [4.78, 5) is 18.1. The molecule has 5 nitrogen and oxygen atoms in total. The number of thiocarbonyl (C=S) groups is 1. The van der Waals surface area contributed by atoms with E-state index in [-0.39, 0.29) is 5.56 Å². The van der Waals surface area contributed by atoms with Crippen molar-refractivity contribution in [1.82, 2.24) is 15.2 Å². The molecule has 0 spiro atoms. The van der Waals surface area contributed by atoms with Crippen LogP contribution in [-0.4, -0.2) is 40.8 Å². The van der Waals surface area contributed by atoms with Crippen molar-refractivity contribution >= 4 is 28.2 Å². The highest BCUT2D eigenvalue weighted by Crippen LogP contribution is 2.25. The summed E-state index contributed by atoms with van der Waals surface area (Å²) >= 11 is 5.73. The summed E-state index contributed by atoms with van der Waals surface area (Å²) in [6, 6.07) is 6.63.